The third kappa shape index (κ3) is 48.2. The summed E-state index contributed by atoms with van der Waals surface area (Å²) >= 11 is 0. The van der Waals surface area contributed by atoms with Gasteiger partial charge in [0, 0.05) is 6.42 Å². The third-order valence-corrected chi connectivity index (χ3v) is 12.7. The summed E-state index contributed by atoms with van der Waals surface area (Å²) in [6.07, 6.45) is 58.9. The molecule has 2 N–H and O–H groups in total. The van der Waals surface area contributed by atoms with Crippen molar-refractivity contribution >= 4 is 13.7 Å². The van der Waals surface area contributed by atoms with Gasteiger partial charge in [-0.25, -0.2) is 0 Å². The number of aliphatic hydroxyl groups excluding tert-OH is 1. The van der Waals surface area contributed by atoms with Crippen molar-refractivity contribution in [1.29, 1.82) is 0 Å². The monoisotopic (exact) mass is 907 g/mol. The van der Waals surface area contributed by atoms with Crippen molar-refractivity contribution in [2.45, 2.75) is 251 Å². The Kier molecular flexibility index (Phi) is 44.5. The quantitative estimate of drug-likeness (QED) is 0.0272. The van der Waals surface area contributed by atoms with Crippen LogP contribution in [0, 0.1) is 0 Å². The molecule has 0 aromatic rings. The molecule has 370 valence electrons. The SMILES string of the molecule is CCCCCCCCCCC/C=C\CCCCCCCC(=O)NC(COP(=O)([O-])OCC[N+](C)(C)C)C(O)/C=C/CC/C=C/CC/C=C/CCCCCCCCCCCCCCC. The van der Waals surface area contributed by atoms with Gasteiger partial charge < -0.3 is 28.8 Å². The lowest BCUT2D eigenvalue weighted by atomic mass is 10.0. The molecule has 8 nitrogen and oxygen atoms in total. The van der Waals surface area contributed by atoms with Crippen LogP contribution < -0.4 is 10.2 Å². The van der Waals surface area contributed by atoms with Crippen LogP contribution in [0.2, 0.25) is 0 Å². The Bertz CT molecular complexity index is 1170. The number of hydrogen-bond donors (Lipinski definition) is 2. The van der Waals surface area contributed by atoms with E-state index in [4.69, 9.17) is 9.05 Å². The van der Waals surface area contributed by atoms with Crippen LogP contribution in [0.5, 0.6) is 0 Å². The van der Waals surface area contributed by atoms with E-state index >= 15 is 0 Å². The number of rotatable bonds is 48. The van der Waals surface area contributed by atoms with Crippen LogP contribution in [0.25, 0.3) is 0 Å². The van der Waals surface area contributed by atoms with Gasteiger partial charge in [0.25, 0.3) is 7.82 Å². The van der Waals surface area contributed by atoms with Crippen LogP contribution in [0.15, 0.2) is 48.6 Å². The van der Waals surface area contributed by atoms with E-state index in [1.807, 2.05) is 27.2 Å². The van der Waals surface area contributed by atoms with E-state index in [9.17, 15) is 19.4 Å². The molecule has 0 aliphatic carbocycles. The van der Waals surface area contributed by atoms with E-state index in [0.29, 0.717) is 17.4 Å². The summed E-state index contributed by atoms with van der Waals surface area (Å²) in [5.74, 6) is -0.219. The molecule has 3 unspecified atom stereocenters. The number of unbranched alkanes of at least 4 members (excludes halogenated alkanes) is 29. The normalized spacial score (nSPS) is 14.5. The van der Waals surface area contributed by atoms with Gasteiger partial charge in [-0.1, -0.05) is 210 Å². The fourth-order valence-corrected chi connectivity index (χ4v) is 8.26. The fraction of sp³-hybridized carbons (Fsp3) is 0.833. The Morgan fingerprint density at radius 3 is 1.29 bits per heavy atom. The number of allylic oxidation sites excluding steroid dienone is 7. The van der Waals surface area contributed by atoms with Gasteiger partial charge in [-0.05, 0) is 70.6 Å². The first kappa shape index (κ1) is 61.5. The van der Waals surface area contributed by atoms with Crippen molar-refractivity contribution in [3.8, 4) is 0 Å². The van der Waals surface area contributed by atoms with E-state index in [1.54, 1.807) is 6.08 Å². The average Bonchev–Trinajstić information content (AvgIpc) is 3.24. The Morgan fingerprint density at radius 1 is 0.540 bits per heavy atom. The largest absolute Gasteiger partial charge is 0.756 e. The zero-order chi connectivity index (χ0) is 46.4. The second-order valence-corrected chi connectivity index (χ2v) is 20.6. The van der Waals surface area contributed by atoms with E-state index in [2.05, 4.69) is 55.6 Å². The number of nitrogens with zero attached hydrogens (tertiary/aromatic N) is 1. The molecular weight excluding hydrogens is 804 g/mol. The third-order valence-electron chi connectivity index (χ3n) is 11.7. The first-order chi connectivity index (χ1) is 30.5. The van der Waals surface area contributed by atoms with Crippen LogP contribution in [0.4, 0.5) is 0 Å². The summed E-state index contributed by atoms with van der Waals surface area (Å²) in [7, 11) is 1.23. The number of carbonyl (C=O) groups excluding carboxylic acids is 1. The minimum absolute atomic E-state index is 0.0112. The molecule has 0 aromatic carbocycles. The van der Waals surface area contributed by atoms with Gasteiger partial charge in [-0.2, -0.15) is 0 Å². The number of nitrogens with one attached hydrogen (secondary N) is 1. The maximum absolute atomic E-state index is 12.9. The molecule has 0 aliphatic heterocycles. The van der Waals surface area contributed by atoms with Gasteiger partial charge in [0.15, 0.2) is 0 Å². The minimum Gasteiger partial charge on any atom is -0.756 e. The van der Waals surface area contributed by atoms with E-state index in [1.165, 1.54) is 154 Å². The molecule has 0 fully saturated rings. The first-order valence-electron chi connectivity index (χ1n) is 26.5. The highest BCUT2D eigenvalue weighted by Crippen LogP contribution is 2.38. The van der Waals surface area contributed by atoms with Gasteiger partial charge in [0.05, 0.1) is 39.9 Å². The molecule has 0 radical (unpaired) electrons. The van der Waals surface area contributed by atoms with Crippen LogP contribution >= 0.6 is 7.82 Å². The highest BCUT2D eigenvalue weighted by Gasteiger charge is 2.23. The van der Waals surface area contributed by atoms with E-state index < -0.39 is 26.6 Å². The fourth-order valence-electron chi connectivity index (χ4n) is 7.53. The Balaban J connectivity index is 4.38. The predicted octanol–water partition coefficient (Wildman–Crippen LogP) is 15.0. The zero-order valence-corrected chi connectivity index (χ0v) is 42.9. The van der Waals surface area contributed by atoms with Crippen LogP contribution in [-0.2, 0) is 18.4 Å². The van der Waals surface area contributed by atoms with E-state index in [0.717, 1.165) is 64.2 Å². The van der Waals surface area contributed by atoms with E-state index in [-0.39, 0.29) is 12.5 Å². The second kappa shape index (κ2) is 45.6. The first-order valence-corrected chi connectivity index (χ1v) is 28.0. The smallest absolute Gasteiger partial charge is 0.268 e. The van der Waals surface area contributed by atoms with Crippen molar-refractivity contribution in [1.82, 2.24) is 5.32 Å². The lowest BCUT2D eigenvalue weighted by Gasteiger charge is -2.29. The molecule has 0 saturated heterocycles. The predicted molar refractivity (Wildman–Crippen MR) is 270 cm³/mol. The number of phosphoric ester groups is 1. The Hall–Kier alpha value is -1.54. The van der Waals surface area contributed by atoms with Crippen LogP contribution in [0.3, 0.4) is 0 Å². The topological polar surface area (TPSA) is 108 Å². The number of quaternary nitrogens is 1. The second-order valence-electron chi connectivity index (χ2n) is 19.2. The Labute approximate surface area is 390 Å². The highest BCUT2D eigenvalue weighted by molar-refractivity contribution is 7.45. The molecule has 0 heterocycles. The average molecular weight is 907 g/mol. The summed E-state index contributed by atoms with van der Waals surface area (Å²) in [6, 6.07) is -0.914. The lowest BCUT2D eigenvalue weighted by Crippen LogP contribution is -2.45. The molecule has 0 aliphatic rings. The molecule has 9 heteroatoms. The van der Waals surface area contributed by atoms with Gasteiger partial charge in [-0.15, -0.1) is 0 Å². The molecule has 1 amide bonds. The van der Waals surface area contributed by atoms with Crippen molar-refractivity contribution in [2.24, 2.45) is 0 Å². The number of carbonyl (C=O) groups is 1. The zero-order valence-electron chi connectivity index (χ0n) is 42.0. The molecule has 0 bridgehead atoms. The van der Waals surface area contributed by atoms with Gasteiger partial charge in [-0.3, -0.25) is 9.36 Å². The molecule has 0 saturated carbocycles. The number of aliphatic hydroxyl groups is 1. The highest BCUT2D eigenvalue weighted by atomic mass is 31.2. The van der Waals surface area contributed by atoms with Gasteiger partial charge >= 0.3 is 0 Å². The summed E-state index contributed by atoms with van der Waals surface area (Å²) in [5, 5.41) is 13.8. The molecule has 0 spiro atoms. The molecule has 0 rings (SSSR count). The Morgan fingerprint density at radius 2 is 0.889 bits per heavy atom. The van der Waals surface area contributed by atoms with Crippen molar-refractivity contribution in [3.63, 3.8) is 0 Å². The number of amides is 1. The van der Waals surface area contributed by atoms with Crippen molar-refractivity contribution in [2.75, 3.05) is 40.9 Å². The minimum atomic E-state index is -4.61. The molecule has 3 atom stereocenters. The maximum atomic E-state index is 12.9. The summed E-state index contributed by atoms with van der Waals surface area (Å²) in [6.45, 7) is 4.63. The summed E-state index contributed by atoms with van der Waals surface area (Å²) < 4.78 is 23.3. The van der Waals surface area contributed by atoms with Gasteiger partial charge in [0.1, 0.15) is 13.2 Å². The number of hydrogen-bond acceptors (Lipinski definition) is 6. The number of phosphoric acid groups is 1. The summed E-state index contributed by atoms with van der Waals surface area (Å²) in [4.78, 5) is 25.4. The molecule has 0 aromatic heterocycles. The molecular formula is C54H103N2O6P. The van der Waals surface area contributed by atoms with Crippen molar-refractivity contribution in [3.05, 3.63) is 48.6 Å². The van der Waals surface area contributed by atoms with Crippen LogP contribution in [-0.4, -0.2) is 68.5 Å². The standard InChI is InChI=1S/C54H103N2O6P/c1-6-8-10-12-14-16-18-20-22-24-26-27-28-29-30-31-33-35-37-39-41-43-45-47-53(57)52(51-62-63(59,60)61-50-49-56(3,4)5)55-54(58)48-46-44-42-40-38-36-34-32-25-23-21-19-17-15-13-11-9-7-2/h30-32,34,37,39,45,47,52-53,57H,6-29,33,35-36,38,40-44,46,48-51H2,1-5H3,(H-,55,58,59,60)/b31-30+,34-32-,39-37+,47-45+. The van der Waals surface area contributed by atoms with Gasteiger partial charge in [0.2, 0.25) is 5.91 Å². The maximum Gasteiger partial charge on any atom is 0.268 e. The van der Waals surface area contributed by atoms with Crippen molar-refractivity contribution < 1.29 is 32.9 Å². The lowest BCUT2D eigenvalue weighted by molar-refractivity contribution is -0.870. The number of likely N-dealkylation sites (N-methyl/N-ethyl adjacent to an activating group) is 1. The summed E-state index contributed by atoms with van der Waals surface area (Å²) in [5.41, 5.74) is 0. The van der Waals surface area contributed by atoms with Crippen LogP contribution in [0.1, 0.15) is 239 Å². The molecule has 63 heavy (non-hydrogen) atoms.